The highest BCUT2D eigenvalue weighted by atomic mass is 35.5. The largest absolute Gasteiger partial charge is 0.316 e. The van der Waals surface area contributed by atoms with E-state index in [1.807, 2.05) is 0 Å². The van der Waals surface area contributed by atoms with Crippen LogP contribution in [-0.4, -0.2) is 31.1 Å². The van der Waals surface area contributed by atoms with Gasteiger partial charge in [-0.1, -0.05) is 29.8 Å². The van der Waals surface area contributed by atoms with Crippen molar-refractivity contribution in [3.8, 4) is 0 Å². The van der Waals surface area contributed by atoms with Gasteiger partial charge >= 0.3 is 0 Å². The molecule has 1 heterocycles. The molecule has 1 aromatic carbocycles. The molecule has 1 aliphatic heterocycles. The molecule has 0 bridgehead atoms. The average molecular weight is 241 g/mol. The predicted molar refractivity (Wildman–Crippen MR) is 71.2 cm³/mol. The van der Waals surface area contributed by atoms with Gasteiger partial charge in [0, 0.05) is 25.7 Å². The molecule has 90 valence electrons. The molecule has 1 aromatic rings. The summed E-state index contributed by atoms with van der Waals surface area (Å²) in [5.41, 5.74) is 2.77. The summed E-state index contributed by atoms with van der Waals surface area (Å²) in [5.74, 6) is 0. The molecular weight excluding hydrogens is 220 g/mol. The monoisotopic (exact) mass is 240 g/mol. The van der Waals surface area contributed by atoms with Gasteiger partial charge in [-0.25, -0.2) is 0 Å². The van der Waals surface area contributed by atoms with Gasteiger partial charge in [-0.15, -0.1) is 12.4 Å². The van der Waals surface area contributed by atoms with Crippen LogP contribution in [0.5, 0.6) is 0 Å². The molecule has 0 radical (unpaired) electrons. The number of likely N-dealkylation sites (tertiary alicyclic amines) is 1. The number of aryl methyl sites for hydroxylation is 1. The highest BCUT2D eigenvalue weighted by Crippen LogP contribution is 2.13. The maximum absolute atomic E-state index is 3.35. The first-order chi connectivity index (χ1) is 7.28. The lowest BCUT2D eigenvalue weighted by atomic mass is 10.1. The summed E-state index contributed by atoms with van der Waals surface area (Å²) in [6, 6.07) is 9.56. The summed E-state index contributed by atoms with van der Waals surface area (Å²) >= 11 is 0. The molecule has 0 saturated carbocycles. The molecule has 2 rings (SSSR count). The van der Waals surface area contributed by atoms with E-state index in [2.05, 4.69) is 48.5 Å². The van der Waals surface area contributed by atoms with Crippen molar-refractivity contribution >= 4 is 12.4 Å². The van der Waals surface area contributed by atoms with Gasteiger partial charge < -0.3 is 5.32 Å². The SMILES string of the molecule is CNC1CCN(Cc2ccc(C)cc2)C1.Cl. The lowest BCUT2D eigenvalue weighted by Gasteiger charge is -2.15. The Labute approximate surface area is 104 Å². The van der Waals surface area contributed by atoms with E-state index in [1.54, 1.807) is 0 Å². The minimum absolute atomic E-state index is 0. The van der Waals surface area contributed by atoms with Crippen molar-refractivity contribution in [1.29, 1.82) is 0 Å². The zero-order valence-corrected chi connectivity index (χ0v) is 10.9. The molecule has 1 fully saturated rings. The third-order valence-electron chi connectivity index (χ3n) is 3.21. The second-order valence-electron chi connectivity index (χ2n) is 4.49. The highest BCUT2D eigenvalue weighted by Gasteiger charge is 2.20. The summed E-state index contributed by atoms with van der Waals surface area (Å²) in [4.78, 5) is 2.52. The van der Waals surface area contributed by atoms with Crippen molar-refractivity contribution < 1.29 is 0 Å². The second-order valence-corrected chi connectivity index (χ2v) is 4.49. The molecule has 0 aromatic heterocycles. The van der Waals surface area contributed by atoms with Crippen LogP contribution in [0.15, 0.2) is 24.3 Å². The van der Waals surface area contributed by atoms with Crippen LogP contribution in [0, 0.1) is 6.92 Å². The first-order valence-electron chi connectivity index (χ1n) is 5.73. The third-order valence-corrected chi connectivity index (χ3v) is 3.21. The molecule has 2 nitrogen and oxygen atoms in total. The van der Waals surface area contributed by atoms with Crippen LogP contribution in [-0.2, 0) is 6.54 Å². The molecule has 16 heavy (non-hydrogen) atoms. The highest BCUT2D eigenvalue weighted by molar-refractivity contribution is 5.85. The minimum atomic E-state index is 0. The van der Waals surface area contributed by atoms with Crippen LogP contribution in [0.1, 0.15) is 17.5 Å². The molecule has 1 saturated heterocycles. The van der Waals surface area contributed by atoms with Crippen LogP contribution in [0.2, 0.25) is 0 Å². The Hall–Kier alpha value is -0.570. The van der Waals surface area contributed by atoms with Gasteiger partial charge in [-0.3, -0.25) is 4.90 Å². The average Bonchev–Trinajstić information content (AvgIpc) is 2.69. The maximum Gasteiger partial charge on any atom is 0.0234 e. The Balaban J connectivity index is 0.00000128. The summed E-state index contributed by atoms with van der Waals surface area (Å²) in [7, 11) is 2.06. The molecule has 1 atom stereocenters. The Bertz CT molecular complexity index is 310. The standard InChI is InChI=1S/C13H20N2.ClH/c1-11-3-5-12(6-4-11)9-15-8-7-13(10-15)14-2;/h3-6,13-14H,7-10H2,1-2H3;1H. The summed E-state index contributed by atoms with van der Waals surface area (Å²) in [6.07, 6.45) is 1.28. The number of nitrogens with one attached hydrogen (secondary N) is 1. The van der Waals surface area contributed by atoms with Gasteiger partial charge in [0.15, 0.2) is 0 Å². The van der Waals surface area contributed by atoms with Crippen molar-refractivity contribution in [2.24, 2.45) is 0 Å². The number of likely N-dealkylation sites (N-methyl/N-ethyl adjacent to an activating group) is 1. The summed E-state index contributed by atoms with van der Waals surface area (Å²) < 4.78 is 0. The van der Waals surface area contributed by atoms with E-state index in [4.69, 9.17) is 0 Å². The molecule has 0 spiro atoms. The van der Waals surface area contributed by atoms with Crippen molar-refractivity contribution in [3.63, 3.8) is 0 Å². The summed E-state index contributed by atoms with van der Waals surface area (Å²) in [5, 5.41) is 3.35. The van der Waals surface area contributed by atoms with Gasteiger partial charge in [-0.2, -0.15) is 0 Å². The number of halogens is 1. The quantitative estimate of drug-likeness (QED) is 0.872. The van der Waals surface area contributed by atoms with Crippen LogP contribution in [0.4, 0.5) is 0 Å². The predicted octanol–water partition coefficient (Wildman–Crippen LogP) is 2.21. The Morgan fingerprint density at radius 2 is 2.00 bits per heavy atom. The maximum atomic E-state index is 3.35. The molecule has 1 N–H and O–H groups in total. The zero-order valence-electron chi connectivity index (χ0n) is 10.1. The molecule has 0 amide bonds. The van der Waals surface area contributed by atoms with E-state index >= 15 is 0 Å². The first kappa shape index (κ1) is 13.5. The number of benzene rings is 1. The topological polar surface area (TPSA) is 15.3 Å². The van der Waals surface area contributed by atoms with E-state index in [9.17, 15) is 0 Å². The third kappa shape index (κ3) is 3.48. The molecule has 1 unspecified atom stereocenters. The fraction of sp³-hybridized carbons (Fsp3) is 0.538. The summed E-state index contributed by atoms with van der Waals surface area (Å²) in [6.45, 7) is 5.64. The van der Waals surface area contributed by atoms with Crippen molar-refractivity contribution in [2.75, 3.05) is 20.1 Å². The van der Waals surface area contributed by atoms with Crippen LogP contribution in [0.3, 0.4) is 0 Å². The van der Waals surface area contributed by atoms with Gasteiger partial charge in [-0.05, 0) is 26.0 Å². The first-order valence-corrected chi connectivity index (χ1v) is 5.73. The van der Waals surface area contributed by atoms with E-state index < -0.39 is 0 Å². The fourth-order valence-corrected chi connectivity index (χ4v) is 2.16. The number of rotatable bonds is 3. The Morgan fingerprint density at radius 1 is 1.31 bits per heavy atom. The van der Waals surface area contributed by atoms with E-state index in [-0.39, 0.29) is 12.4 Å². The number of hydrogen-bond donors (Lipinski definition) is 1. The van der Waals surface area contributed by atoms with Crippen LogP contribution < -0.4 is 5.32 Å². The molecule has 0 aliphatic carbocycles. The van der Waals surface area contributed by atoms with Crippen molar-refractivity contribution in [1.82, 2.24) is 10.2 Å². The number of nitrogens with zero attached hydrogens (tertiary/aromatic N) is 1. The van der Waals surface area contributed by atoms with Gasteiger partial charge in [0.25, 0.3) is 0 Å². The van der Waals surface area contributed by atoms with Gasteiger partial charge in [0.05, 0.1) is 0 Å². The van der Waals surface area contributed by atoms with E-state index in [0.29, 0.717) is 6.04 Å². The molecule has 3 heteroatoms. The lowest BCUT2D eigenvalue weighted by Crippen LogP contribution is -2.29. The van der Waals surface area contributed by atoms with Gasteiger partial charge in [0.2, 0.25) is 0 Å². The zero-order chi connectivity index (χ0) is 10.7. The van der Waals surface area contributed by atoms with Gasteiger partial charge in [0.1, 0.15) is 0 Å². The van der Waals surface area contributed by atoms with Crippen molar-refractivity contribution in [2.45, 2.75) is 25.9 Å². The lowest BCUT2D eigenvalue weighted by molar-refractivity contribution is 0.322. The Morgan fingerprint density at radius 3 is 2.56 bits per heavy atom. The minimum Gasteiger partial charge on any atom is -0.316 e. The van der Waals surface area contributed by atoms with E-state index in [1.165, 1.54) is 30.6 Å². The van der Waals surface area contributed by atoms with E-state index in [0.717, 1.165) is 6.54 Å². The molecule has 1 aliphatic rings. The smallest absolute Gasteiger partial charge is 0.0234 e. The Kier molecular flexibility index (Phi) is 5.26. The fourth-order valence-electron chi connectivity index (χ4n) is 2.16. The second kappa shape index (κ2) is 6.24. The normalized spacial score (nSPS) is 20.8. The molecular formula is C13H21ClN2. The number of hydrogen-bond acceptors (Lipinski definition) is 2. The van der Waals surface area contributed by atoms with Crippen LogP contribution in [0.25, 0.3) is 0 Å². The van der Waals surface area contributed by atoms with Crippen molar-refractivity contribution in [3.05, 3.63) is 35.4 Å². The van der Waals surface area contributed by atoms with Crippen LogP contribution >= 0.6 is 12.4 Å².